The minimum atomic E-state index is -2.96. The van der Waals surface area contributed by atoms with E-state index in [1.165, 1.54) is 13.8 Å². The molecule has 6 N–H and O–H groups in total. The second kappa shape index (κ2) is 13.9. The number of anilines is 3. The van der Waals surface area contributed by atoms with Gasteiger partial charge in [0.15, 0.2) is 13.9 Å². The maximum atomic E-state index is 14.8. The van der Waals surface area contributed by atoms with Gasteiger partial charge in [-0.05, 0) is 69.3 Å². The first kappa shape index (κ1) is 35.3. The SMILES string of the molecule is C[C@H](O)C(=O)Nc1cccc(CN2C(=O)[C@]3(O[C@H](CCn4cc(CCO)nn4)[C@@H]([Si](C)(C)O)[C@@H]3C)c3cc(NC(=O)[C@H](C)O)ccc32)c1. The summed E-state index contributed by atoms with van der Waals surface area (Å²) in [6, 6.07) is 12.1. The van der Waals surface area contributed by atoms with Gasteiger partial charge < -0.3 is 40.4 Å². The zero-order valence-corrected chi connectivity index (χ0v) is 28.8. The van der Waals surface area contributed by atoms with Gasteiger partial charge >= 0.3 is 0 Å². The van der Waals surface area contributed by atoms with Gasteiger partial charge in [0.25, 0.3) is 17.7 Å². The van der Waals surface area contributed by atoms with Crippen molar-refractivity contribution in [2.75, 3.05) is 22.1 Å². The highest BCUT2D eigenvalue weighted by molar-refractivity contribution is 6.71. The second-order valence-corrected chi connectivity index (χ2v) is 17.2. The molecule has 1 fully saturated rings. The van der Waals surface area contributed by atoms with Crippen LogP contribution in [0.2, 0.25) is 18.6 Å². The molecule has 0 bridgehead atoms. The van der Waals surface area contributed by atoms with Crippen molar-refractivity contribution in [2.45, 2.75) is 89.3 Å². The fourth-order valence-corrected chi connectivity index (χ4v) is 9.54. The van der Waals surface area contributed by atoms with Crippen molar-refractivity contribution in [2.24, 2.45) is 5.92 Å². The third kappa shape index (κ3) is 6.92. The molecule has 2 aromatic carbocycles. The first-order valence-electron chi connectivity index (χ1n) is 16.1. The van der Waals surface area contributed by atoms with E-state index in [9.17, 15) is 34.5 Å². The molecule has 6 atom stereocenters. The molecule has 5 rings (SSSR count). The zero-order valence-electron chi connectivity index (χ0n) is 27.8. The number of carbonyl (C=O) groups excluding carboxylic acids is 3. The molecular formula is C33H44N6O8Si. The summed E-state index contributed by atoms with van der Waals surface area (Å²) in [5, 5.41) is 42.4. The van der Waals surface area contributed by atoms with Gasteiger partial charge in [-0.3, -0.25) is 19.1 Å². The summed E-state index contributed by atoms with van der Waals surface area (Å²) in [6.45, 7) is 8.82. The molecule has 3 aromatic rings. The average molecular weight is 681 g/mol. The Labute approximate surface area is 279 Å². The monoisotopic (exact) mass is 680 g/mol. The van der Waals surface area contributed by atoms with E-state index in [1.54, 1.807) is 52.2 Å². The van der Waals surface area contributed by atoms with E-state index in [0.717, 1.165) is 0 Å². The van der Waals surface area contributed by atoms with Crippen LogP contribution in [-0.4, -0.2) is 86.1 Å². The van der Waals surface area contributed by atoms with E-state index in [0.29, 0.717) is 53.3 Å². The number of nitrogens with zero attached hydrogens (tertiary/aromatic N) is 4. The quantitative estimate of drug-likeness (QED) is 0.154. The average Bonchev–Trinajstić information content (AvgIpc) is 3.66. The Morgan fingerprint density at radius 1 is 1.06 bits per heavy atom. The van der Waals surface area contributed by atoms with Crippen molar-refractivity contribution < 1.29 is 39.2 Å². The van der Waals surface area contributed by atoms with E-state index < -0.39 is 50.0 Å². The molecule has 0 aliphatic carbocycles. The third-order valence-electron chi connectivity index (χ3n) is 9.14. The lowest BCUT2D eigenvalue weighted by Crippen LogP contribution is -2.46. The van der Waals surface area contributed by atoms with Crippen LogP contribution in [0.15, 0.2) is 48.7 Å². The third-order valence-corrected chi connectivity index (χ3v) is 11.6. The number of hydrogen-bond donors (Lipinski definition) is 6. The van der Waals surface area contributed by atoms with Crippen molar-refractivity contribution in [3.63, 3.8) is 0 Å². The summed E-state index contributed by atoms with van der Waals surface area (Å²) in [4.78, 5) is 52.6. The predicted octanol–water partition coefficient (Wildman–Crippen LogP) is 1.89. The maximum Gasteiger partial charge on any atom is 0.264 e. The van der Waals surface area contributed by atoms with Crippen molar-refractivity contribution in [1.82, 2.24) is 15.0 Å². The summed E-state index contributed by atoms with van der Waals surface area (Å²) in [5.41, 5.74) is 1.47. The summed E-state index contributed by atoms with van der Waals surface area (Å²) in [7, 11) is -2.96. The van der Waals surface area contributed by atoms with Crippen LogP contribution in [-0.2, 0) is 44.2 Å². The molecule has 0 radical (unpaired) electrons. The van der Waals surface area contributed by atoms with Gasteiger partial charge in [0, 0.05) is 54.2 Å². The van der Waals surface area contributed by atoms with Gasteiger partial charge in [0.05, 0.1) is 24.0 Å². The number of benzene rings is 2. The largest absolute Gasteiger partial charge is 0.432 e. The molecule has 15 heteroatoms. The summed E-state index contributed by atoms with van der Waals surface area (Å²) in [5.74, 6) is -1.95. The number of carbonyl (C=O) groups is 3. The van der Waals surface area contributed by atoms with Crippen LogP contribution in [0.5, 0.6) is 0 Å². The van der Waals surface area contributed by atoms with Crippen LogP contribution in [0.4, 0.5) is 17.1 Å². The number of aryl methyl sites for hydroxylation is 1. The topological polar surface area (TPSA) is 199 Å². The van der Waals surface area contributed by atoms with E-state index in [1.807, 2.05) is 26.1 Å². The molecule has 14 nitrogen and oxygen atoms in total. The lowest BCUT2D eigenvalue weighted by Gasteiger charge is -2.32. The first-order valence-corrected chi connectivity index (χ1v) is 19.1. The van der Waals surface area contributed by atoms with E-state index in [2.05, 4.69) is 20.9 Å². The Hall–Kier alpha value is -3.99. The minimum Gasteiger partial charge on any atom is -0.432 e. The van der Waals surface area contributed by atoms with Crippen molar-refractivity contribution in [3.8, 4) is 0 Å². The van der Waals surface area contributed by atoms with Gasteiger partial charge in [-0.15, -0.1) is 5.10 Å². The molecule has 0 saturated carbocycles. The molecule has 258 valence electrons. The molecule has 48 heavy (non-hydrogen) atoms. The van der Waals surface area contributed by atoms with Crippen LogP contribution >= 0.6 is 0 Å². The first-order chi connectivity index (χ1) is 22.6. The van der Waals surface area contributed by atoms with Crippen molar-refractivity contribution in [1.29, 1.82) is 0 Å². The zero-order chi connectivity index (χ0) is 35.0. The van der Waals surface area contributed by atoms with Crippen LogP contribution in [0, 0.1) is 5.92 Å². The Balaban J connectivity index is 1.53. The van der Waals surface area contributed by atoms with Crippen molar-refractivity contribution in [3.05, 3.63) is 65.5 Å². The fourth-order valence-electron chi connectivity index (χ4n) is 6.94. The summed E-state index contributed by atoms with van der Waals surface area (Å²) in [6.07, 6.45) is -0.404. The standard InChI is InChI=1S/C33H44N6O8Si/c1-19-29(48(4,5)46)28(11-13-38-18-25(12-14-40)36-37-38)47-33(19)26-16-24(35-31(44)21(3)42)9-10-27(26)39(32(33)45)17-22-7-6-8-23(15-22)34-30(43)20(2)41/h6-10,15-16,18-21,28-29,40-42,46H,11-14,17H2,1-5H3,(H,34,43)(H,35,44)/t19-,20-,21-,28+,29-,33+/m0/s1. The minimum absolute atomic E-state index is 0.0463. The summed E-state index contributed by atoms with van der Waals surface area (Å²) >= 11 is 0. The van der Waals surface area contributed by atoms with Crippen molar-refractivity contribution >= 4 is 43.1 Å². The van der Waals surface area contributed by atoms with Crippen LogP contribution < -0.4 is 15.5 Å². The maximum absolute atomic E-state index is 14.8. The highest BCUT2D eigenvalue weighted by atomic mass is 28.4. The molecule has 2 aliphatic rings. The number of hydrogen-bond acceptors (Lipinski definition) is 10. The molecule has 3 amide bonds. The van der Waals surface area contributed by atoms with Gasteiger partial charge in [0.1, 0.15) is 12.2 Å². The molecule has 3 heterocycles. The van der Waals surface area contributed by atoms with E-state index in [4.69, 9.17) is 4.74 Å². The van der Waals surface area contributed by atoms with Crippen LogP contribution in [0.1, 0.15) is 44.0 Å². The smallest absolute Gasteiger partial charge is 0.264 e. The number of nitrogens with one attached hydrogen (secondary N) is 2. The molecular weight excluding hydrogens is 636 g/mol. The molecule has 1 spiro atoms. The van der Waals surface area contributed by atoms with Crippen LogP contribution in [0.3, 0.4) is 0 Å². The molecule has 1 saturated heterocycles. The number of rotatable bonds is 12. The number of aromatic nitrogens is 3. The highest BCUT2D eigenvalue weighted by Crippen LogP contribution is 2.60. The van der Waals surface area contributed by atoms with Crippen LogP contribution in [0.25, 0.3) is 0 Å². The normalized spacial score (nSPS) is 23.3. The number of ether oxygens (including phenoxy) is 1. The van der Waals surface area contributed by atoms with Gasteiger partial charge in [0.2, 0.25) is 0 Å². The predicted molar refractivity (Wildman–Crippen MR) is 179 cm³/mol. The number of aliphatic hydroxyl groups is 3. The highest BCUT2D eigenvalue weighted by Gasteiger charge is 2.66. The fraction of sp³-hybridized carbons (Fsp3) is 0.485. The van der Waals surface area contributed by atoms with E-state index >= 15 is 0 Å². The Morgan fingerprint density at radius 3 is 2.35 bits per heavy atom. The Bertz CT molecular complexity index is 1670. The second-order valence-electron chi connectivity index (χ2n) is 13.2. The summed E-state index contributed by atoms with van der Waals surface area (Å²) < 4.78 is 8.55. The molecule has 1 aromatic heterocycles. The number of fused-ring (bicyclic) bond motifs is 2. The number of aliphatic hydroxyl groups excluding tert-OH is 3. The number of amides is 3. The van der Waals surface area contributed by atoms with E-state index in [-0.39, 0.29) is 24.6 Å². The van der Waals surface area contributed by atoms with Gasteiger partial charge in [-0.1, -0.05) is 24.3 Å². The van der Waals surface area contributed by atoms with Gasteiger partial charge in [-0.25, -0.2) is 0 Å². The molecule has 0 unspecified atom stereocenters. The lowest BCUT2D eigenvalue weighted by atomic mass is 9.82. The lowest BCUT2D eigenvalue weighted by molar-refractivity contribution is -0.146. The molecule has 2 aliphatic heterocycles. The Kier molecular flexibility index (Phi) is 10.2. The van der Waals surface area contributed by atoms with Gasteiger partial charge in [-0.2, -0.15) is 0 Å². The Morgan fingerprint density at radius 2 is 1.73 bits per heavy atom.